The van der Waals surface area contributed by atoms with Gasteiger partial charge >= 0.3 is 5.97 Å². The number of rotatable bonds is 2. The molecule has 5 nitrogen and oxygen atoms in total. The van der Waals surface area contributed by atoms with E-state index in [0.717, 1.165) is 5.39 Å². The highest BCUT2D eigenvalue weighted by molar-refractivity contribution is 5.87. The van der Waals surface area contributed by atoms with Crippen LogP contribution in [0, 0.1) is 0 Å². The Morgan fingerprint density at radius 3 is 2.63 bits per heavy atom. The number of H-pyrrole nitrogens is 1. The van der Waals surface area contributed by atoms with Crippen LogP contribution >= 0.6 is 0 Å². The van der Waals surface area contributed by atoms with E-state index in [4.69, 9.17) is 9.52 Å². The second-order valence-electron chi connectivity index (χ2n) is 4.07. The molecule has 0 spiro atoms. The number of hydrogen-bond acceptors (Lipinski definition) is 3. The van der Waals surface area contributed by atoms with E-state index in [-0.39, 0.29) is 5.56 Å². The zero-order chi connectivity index (χ0) is 13.4. The molecule has 5 heteroatoms. The molecule has 0 amide bonds. The first kappa shape index (κ1) is 11.3. The Morgan fingerprint density at radius 1 is 1.16 bits per heavy atom. The molecule has 0 aliphatic heterocycles. The molecule has 2 N–H and O–H groups in total. The van der Waals surface area contributed by atoms with E-state index in [1.54, 1.807) is 6.07 Å². The summed E-state index contributed by atoms with van der Waals surface area (Å²) in [5.74, 6) is -0.757. The van der Waals surface area contributed by atoms with Crippen molar-refractivity contribution in [1.82, 2.24) is 4.98 Å². The van der Waals surface area contributed by atoms with Crippen molar-refractivity contribution in [1.29, 1.82) is 0 Å². The number of carbonyl (C=O) groups is 1. The molecule has 0 atom stereocenters. The molecule has 19 heavy (non-hydrogen) atoms. The molecular weight excluding hydrogens is 246 g/mol. The number of aromatic nitrogens is 1. The summed E-state index contributed by atoms with van der Waals surface area (Å²) in [6.45, 7) is 0. The molecule has 0 saturated heterocycles. The van der Waals surface area contributed by atoms with Gasteiger partial charge in [-0.25, -0.2) is 4.79 Å². The maximum atomic E-state index is 11.6. The molecular formula is C14H9NO4. The Balaban J connectivity index is 2.14. The summed E-state index contributed by atoms with van der Waals surface area (Å²) >= 11 is 0. The predicted molar refractivity (Wildman–Crippen MR) is 69.2 cm³/mol. The van der Waals surface area contributed by atoms with Crippen molar-refractivity contribution in [3.05, 3.63) is 58.4 Å². The zero-order valence-corrected chi connectivity index (χ0v) is 9.71. The van der Waals surface area contributed by atoms with Crippen LogP contribution in [-0.2, 0) is 0 Å². The Bertz CT molecular complexity index is 796. The lowest BCUT2D eigenvalue weighted by atomic mass is 10.2. The van der Waals surface area contributed by atoms with E-state index in [1.807, 2.05) is 24.3 Å². The van der Waals surface area contributed by atoms with Crippen molar-refractivity contribution in [2.45, 2.75) is 0 Å². The van der Waals surface area contributed by atoms with E-state index in [0.29, 0.717) is 17.0 Å². The average Bonchev–Trinajstić information content (AvgIpc) is 2.81. The molecule has 0 unspecified atom stereocenters. The fraction of sp³-hybridized carbons (Fsp3) is 0. The molecule has 0 radical (unpaired) electrons. The first-order valence-electron chi connectivity index (χ1n) is 5.61. The van der Waals surface area contributed by atoms with Gasteiger partial charge < -0.3 is 14.5 Å². The van der Waals surface area contributed by atoms with Crippen LogP contribution in [0.15, 0.2) is 51.7 Å². The number of aromatic carboxylic acids is 1. The van der Waals surface area contributed by atoms with Crippen molar-refractivity contribution in [2.24, 2.45) is 0 Å². The number of pyridine rings is 1. The number of carboxylic acid groups (broad SMARTS) is 1. The van der Waals surface area contributed by atoms with Crippen molar-refractivity contribution >= 4 is 16.9 Å². The second-order valence-corrected chi connectivity index (χ2v) is 4.07. The van der Waals surface area contributed by atoms with Gasteiger partial charge in [-0.15, -0.1) is 0 Å². The molecule has 0 bridgehead atoms. The van der Waals surface area contributed by atoms with Crippen LogP contribution < -0.4 is 5.56 Å². The summed E-state index contributed by atoms with van der Waals surface area (Å²) in [5.41, 5.74) is 0.220. The van der Waals surface area contributed by atoms with Gasteiger partial charge in [-0.05, 0) is 24.3 Å². The first-order valence-corrected chi connectivity index (χ1v) is 5.61. The molecule has 0 aliphatic rings. The topological polar surface area (TPSA) is 83.3 Å². The third kappa shape index (κ3) is 1.91. The van der Waals surface area contributed by atoms with Gasteiger partial charge in [-0.2, -0.15) is 0 Å². The molecule has 2 heterocycles. The highest BCUT2D eigenvalue weighted by atomic mass is 16.4. The van der Waals surface area contributed by atoms with Gasteiger partial charge in [0, 0.05) is 5.39 Å². The molecule has 94 valence electrons. The van der Waals surface area contributed by atoms with Crippen LogP contribution in [0.1, 0.15) is 10.4 Å². The summed E-state index contributed by atoms with van der Waals surface area (Å²) in [7, 11) is 0. The smallest absolute Gasteiger partial charge is 0.341 e. The minimum absolute atomic E-state index is 0.292. The van der Waals surface area contributed by atoms with Crippen LogP contribution in [0.5, 0.6) is 0 Å². The number of fused-ring (bicyclic) bond motifs is 1. The lowest BCUT2D eigenvalue weighted by Crippen LogP contribution is -2.17. The number of hydrogen-bond donors (Lipinski definition) is 2. The van der Waals surface area contributed by atoms with E-state index in [2.05, 4.69) is 4.98 Å². The first-order chi connectivity index (χ1) is 9.15. The van der Waals surface area contributed by atoms with Crippen LogP contribution in [0.4, 0.5) is 0 Å². The van der Waals surface area contributed by atoms with Gasteiger partial charge in [0.1, 0.15) is 11.1 Å². The fourth-order valence-corrected chi connectivity index (χ4v) is 1.90. The van der Waals surface area contributed by atoms with Gasteiger partial charge in [0.25, 0.3) is 5.56 Å². The summed E-state index contributed by atoms with van der Waals surface area (Å²) in [5, 5.41) is 9.72. The molecule has 2 aromatic heterocycles. The zero-order valence-electron chi connectivity index (χ0n) is 9.71. The van der Waals surface area contributed by atoms with Crippen LogP contribution in [0.2, 0.25) is 0 Å². The lowest BCUT2D eigenvalue weighted by Gasteiger charge is -1.97. The largest absolute Gasteiger partial charge is 0.477 e. The van der Waals surface area contributed by atoms with E-state index < -0.39 is 11.5 Å². The summed E-state index contributed by atoms with van der Waals surface area (Å²) in [6, 6.07) is 12.0. The van der Waals surface area contributed by atoms with E-state index in [1.165, 1.54) is 12.1 Å². The fourth-order valence-electron chi connectivity index (χ4n) is 1.90. The van der Waals surface area contributed by atoms with Crippen molar-refractivity contribution in [2.75, 3.05) is 0 Å². The summed E-state index contributed by atoms with van der Waals surface area (Å²) < 4.78 is 5.59. The Kier molecular flexibility index (Phi) is 2.45. The lowest BCUT2D eigenvalue weighted by molar-refractivity contribution is 0.0695. The highest BCUT2D eigenvalue weighted by Crippen LogP contribution is 2.25. The quantitative estimate of drug-likeness (QED) is 0.736. The number of carboxylic acids is 1. The van der Waals surface area contributed by atoms with Gasteiger partial charge in [0.2, 0.25) is 0 Å². The van der Waals surface area contributed by atoms with Crippen molar-refractivity contribution in [3.63, 3.8) is 0 Å². The number of para-hydroxylation sites is 1. The third-order valence-corrected chi connectivity index (χ3v) is 2.83. The SMILES string of the molecule is O=C(O)c1ccc(-c2cc3ccccc3o2)[nH]c1=O. The molecule has 1 aromatic carbocycles. The Hall–Kier alpha value is -2.82. The average molecular weight is 255 g/mol. The standard InChI is InChI=1S/C14H9NO4/c16-13-9(14(17)18)5-6-10(15-13)12-7-8-3-1-2-4-11(8)19-12/h1-7H,(H,15,16)(H,17,18). The normalized spacial score (nSPS) is 10.7. The van der Waals surface area contributed by atoms with Gasteiger partial charge in [0.15, 0.2) is 5.76 Å². The van der Waals surface area contributed by atoms with Gasteiger partial charge in [-0.1, -0.05) is 18.2 Å². The number of aromatic amines is 1. The molecule has 0 saturated carbocycles. The molecule has 0 fully saturated rings. The number of nitrogens with one attached hydrogen (secondary N) is 1. The monoisotopic (exact) mass is 255 g/mol. The minimum atomic E-state index is -1.25. The second kappa shape index (κ2) is 4.13. The number of furan rings is 1. The minimum Gasteiger partial charge on any atom is -0.477 e. The predicted octanol–water partition coefficient (Wildman–Crippen LogP) is 2.49. The van der Waals surface area contributed by atoms with Crippen molar-refractivity contribution in [3.8, 4) is 11.5 Å². The van der Waals surface area contributed by atoms with Gasteiger partial charge in [-0.3, -0.25) is 4.79 Å². The number of benzene rings is 1. The third-order valence-electron chi connectivity index (χ3n) is 2.83. The highest BCUT2D eigenvalue weighted by Gasteiger charge is 2.11. The van der Waals surface area contributed by atoms with E-state index in [9.17, 15) is 9.59 Å². The Labute approximate surface area is 107 Å². The van der Waals surface area contributed by atoms with Crippen LogP contribution in [0.25, 0.3) is 22.4 Å². The van der Waals surface area contributed by atoms with Crippen molar-refractivity contribution < 1.29 is 14.3 Å². The maximum absolute atomic E-state index is 11.6. The molecule has 0 aliphatic carbocycles. The summed E-state index contributed by atoms with van der Waals surface area (Å²) in [6.07, 6.45) is 0. The van der Waals surface area contributed by atoms with Gasteiger partial charge in [0.05, 0.1) is 5.69 Å². The summed E-state index contributed by atoms with van der Waals surface area (Å²) in [4.78, 5) is 24.9. The van der Waals surface area contributed by atoms with Crippen LogP contribution in [-0.4, -0.2) is 16.1 Å². The molecule has 3 rings (SSSR count). The molecule has 3 aromatic rings. The van der Waals surface area contributed by atoms with Crippen LogP contribution in [0.3, 0.4) is 0 Å². The van der Waals surface area contributed by atoms with E-state index >= 15 is 0 Å². The Morgan fingerprint density at radius 2 is 1.95 bits per heavy atom. The maximum Gasteiger partial charge on any atom is 0.341 e.